The van der Waals surface area contributed by atoms with Crippen molar-refractivity contribution in [1.29, 1.82) is 0 Å². The van der Waals surface area contributed by atoms with Gasteiger partial charge in [0.1, 0.15) is 6.20 Å². The minimum absolute atomic E-state index is 0. The minimum atomic E-state index is -0.541. The molecular weight excluding hydrogens is 272 g/mol. The van der Waals surface area contributed by atoms with Crippen molar-refractivity contribution in [1.82, 2.24) is 15.2 Å². The number of hydrogen-bond acceptors (Lipinski definition) is 5. The maximum atomic E-state index is 12.2. The number of amides is 1. The maximum absolute atomic E-state index is 12.2. The number of piperazine rings is 1. The molecule has 7 nitrogen and oxygen atoms in total. The van der Waals surface area contributed by atoms with Gasteiger partial charge in [-0.15, -0.1) is 12.4 Å². The van der Waals surface area contributed by atoms with Gasteiger partial charge in [-0.2, -0.15) is 0 Å². The first-order valence-electron chi connectivity index (χ1n) is 5.70. The first kappa shape index (κ1) is 15.3. The summed E-state index contributed by atoms with van der Waals surface area (Å²) >= 11 is 0. The van der Waals surface area contributed by atoms with Gasteiger partial charge in [0.25, 0.3) is 11.6 Å². The summed E-state index contributed by atoms with van der Waals surface area (Å²) in [4.78, 5) is 28.0. The third kappa shape index (κ3) is 3.39. The molecule has 1 aliphatic heterocycles. The van der Waals surface area contributed by atoms with Crippen LogP contribution in [0.2, 0.25) is 0 Å². The van der Waals surface area contributed by atoms with Crippen LogP contribution in [0, 0.1) is 17.0 Å². The smallest absolute Gasteiger partial charge is 0.288 e. The summed E-state index contributed by atoms with van der Waals surface area (Å²) in [6.07, 6.45) is 1.17. The maximum Gasteiger partial charge on any atom is 0.288 e. The molecule has 1 fully saturated rings. The molecule has 104 valence electrons. The van der Waals surface area contributed by atoms with Crippen molar-refractivity contribution in [3.05, 3.63) is 33.6 Å². The van der Waals surface area contributed by atoms with E-state index in [1.165, 1.54) is 12.3 Å². The summed E-state index contributed by atoms with van der Waals surface area (Å²) in [5.41, 5.74) is 0.675. The number of carbonyl (C=O) groups is 1. The monoisotopic (exact) mass is 286 g/mol. The SMILES string of the molecule is Cc1ncc([N+](=O)[O-])cc1C(=O)N1CCNCC1.Cl. The highest BCUT2D eigenvalue weighted by Gasteiger charge is 2.22. The first-order chi connectivity index (χ1) is 8.59. The van der Waals surface area contributed by atoms with E-state index >= 15 is 0 Å². The molecule has 0 spiro atoms. The highest BCUT2D eigenvalue weighted by Crippen LogP contribution is 2.16. The molecule has 1 N–H and O–H groups in total. The largest absolute Gasteiger partial charge is 0.336 e. The van der Waals surface area contributed by atoms with Crippen molar-refractivity contribution in [3.63, 3.8) is 0 Å². The number of nitro groups is 1. The normalized spacial score (nSPS) is 14.7. The van der Waals surface area contributed by atoms with E-state index in [0.29, 0.717) is 24.3 Å². The molecule has 0 aliphatic carbocycles. The number of pyridine rings is 1. The fourth-order valence-electron chi connectivity index (χ4n) is 1.88. The van der Waals surface area contributed by atoms with Gasteiger partial charge in [-0.05, 0) is 6.92 Å². The molecule has 0 radical (unpaired) electrons. The standard InChI is InChI=1S/C11H14N4O3.ClH/c1-8-10(6-9(7-13-8)15(17)18)11(16)14-4-2-12-3-5-14;/h6-7,12H,2-5H2,1H3;1H. The third-order valence-corrected chi connectivity index (χ3v) is 2.92. The van der Waals surface area contributed by atoms with E-state index in [-0.39, 0.29) is 24.0 Å². The van der Waals surface area contributed by atoms with Gasteiger partial charge in [-0.1, -0.05) is 0 Å². The van der Waals surface area contributed by atoms with E-state index in [4.69, 9.17) is 0 Å². The first-order valence-corrected chi connectivity index (χ1v) is 5.70. The van der Waals surface area contributed by atoms with E-state index in [0.717, 1.165) is 13.1 Å². The molecule has 1 aromatic heterocycles. The quantitative estimate of drug-likeness (QED) is 0.641. The van der Waals surface area contributed by atoms with Crippen LogP contribution in [0.25, 0.3) is 0 Å². The van der Waals surface area contributed by atoms with Gasteiger partial charge in [0.05, 0.1) is 16.2 Å². The van der Waals surface area contributed by atoms with E-state index in [1.54, 1.807) is 11.8 Å². The molecular formula is C11H15ClN4O3. The second kappa shape index (κ2) is 6.44. The van der Waals surface area contributed by atoms with Crippen LogP contribution in [-0.4, -0.2) is 46.9 Å². The van der Waals surface area contributed by atoms with Crippen molar-refractivity contribution in [2.75, 3.05) is 26.2 Å². The number of carbonyl (C=O) groups excluding carboxylic acids is 1. The number of aromatic nitrogens is 1. The number of halogens is 1. The molecule has 1 amide bonds. The highest BCUT2D eigenvalue weighted by molar-refractivity contribution is 5.95. The topological polar surface area (TPSA) is 88.4 Å². The average Bonchev–Trinajstić information content (AvgIpc) is 2.39. The summed E-state index contributed by atoms with van der Waals surface area (Å²) in [6, 6.07) is 1.30. The van der Waals surface area contributed by atoms with Crippen molar-refractivity contribution >= 4 is 24.0 Å². The van der Waals surface area contributed by atoms with Crippen LogP contribution in [0.15, 0.2) is 12.3 Å². The van der Waals surface area contributed by atoms with Crippen LogP contribution in [-0.2, 0) is 0 Å². The number of rotatable bonds is 2. The van der Waals surface area contributed by atoms with Crippen LogP contribution >= 0.6 is 12.4 Å². The zero-order chi connectivity index (χ0) is 13.1. The summed E-state index contributed by atoms with van der Waals surface area (Å²) in [7, 11) is 0. The highest BCUT2D eigenvalue weighted by atomic mass is 35.5. The van der Waals surface area contributed by atoms with E-state index in [9.17, 15) is 14.9 Å². The van der Waals surface area contributed by atoms with Crippen LogP contribution < -0.4 is 5.32 Å². The van der Waals surface area contributed by atoms with Crippen LogP contribution in [0.3, 0.4) is 0 Å². The van der Waals surface area contributed by atoms with Gasteiger partial charge in [0, 0.05) is 32.2 Å². The average molecular weight is 287 g/mol. The van der Waals surface area contributed by atoms with Gasteiger partial charge in [-0.3, -0.25) is 19.9 Å². The third-order valence-electron chi connectivity index (χ3n) is 2.92. The Labute approximate surface area is 116 Å². The van der Waals surface area contributed by atoms with Crippen molar-refractivity contribution in [3.8, 4) is 0 Å². The van der Waals surface area contributed by atoms with Crippen LogP contribution in [0.4, 0.5) is 5.69 Å². The molecule has 8 heteroatoms. The Balaban J connectivity index is 0.00000180. The molecule has 0 atom stereocenters. The van der Waals surface area contributed by atoms with Crippen molar-refractivity contribution < 1.29 is 9.72 Å². The second-order valence-corrected chi connectivity index (χ2v) is 4.13. The molecule has 1 aromatic rings. The van der Waals surface area contributed by atoms with Gasteiger partial charge in [-0.25, -0.2) is 0 Å². The van der Waals surface area contributed by atoms with Gasteiger partial charge in [0.2, 0.25) is 0 Å². The van der Waals surface area contributed by atoms with Crippen molar-refractivity contribution in [2.24, 2.45) is 0 Å². The fourth-order valence-corrected chi connectivity index (χ4v) is 1.88. The Morgan fingerprint density at radius 3 is 2.68 bits per heavy atom. The van der Waals surface area contributed by atoms with Crippen molar-refractivity contribution in [2.45, 2.75) is 6.92 Å². The van der Waals surface area contributed by atoms with Gasteiger partial charge < -0.3 is 10.2 Å². The number of aryl methyl sites for hydroxylation is 1. The lowest BCUT2D eigenvalue weighted by atomic mass is 10.1. The summed E-state index contributed by atoms with van der Waals surface area (Å²) in [6.45, 7) is 4.39. The van der Waals surface area contributed by atoms with E-state index < -0.39 is 4.92 Å². The van der Waals surface area contributed by atoms with E-state index in [2.05, 4.69) is 10.3 Å². The molecule has 1 aliphatic rings. The molecule has 0 unspecified atom stereocenters. The Hall–Kier alpha value is -1.73. The Kier molecular flexibility index (Phi) is 5.20. The minimum Gasteiger partial charge on any atom is -0.336 e. The summed E-state index contributed by atoms with van der Waals surface area (Å²) in [5.74, 6) is -0.190. The summed E-state index contributed by atoms with van der Waals surface area (Å²) < 4.78 is 0. The second-order valence-electron chi connectivity index (χ2n) is 4.13. The zero-order valence-corrected chi connectivity index (χ0v) is 11.3. The lowest BCUT2D eigenvalue weighted by Gasteiger charge is -2.27. The van der Waals surface area contributed by atoms with Crippen LogP contribution in [0.5, 0.6) is 0 Å². The molecule has 0 bridgehead atoms. The lowest BCUT2D eigenvalue weighted by Crippen LogP contribution is -2.46. The molecule has 1 saturated heterocycles. The lowest BCUT2D eigenvalue weighted by molar-refractivity contribution is -0.385. The fraction of sp³-hybridized carbons (Fsp3) is 0.455. The van der Waals surface area contributed by atoms with Crippen LogP contribution in [0.1, 0.15) is 16.1 Å². The zero-order valence-electron chi connectivity index (χ0n) is 10.5. The Morgan fingerprint density at radius 2 is 2.11 bits per heavy atom. The summed E-state index contributed by atoms with van der Waals surface area (Å²) in [5, 5.41) is 13.8. The number of nitrogens with one attached hydrogen (secondary N) is 1. The predicted octanol–water partition coefficient (Wildman–Crippen LogP) is 0.765. The number of hydrogen-bond donors (Lipinski definition) is 1. The molecule has 0 saturated carbocycles. The molecule has 0 aromatic carbocycles. The van der Waals surface area contributed by atoms with Gasteiger partial charge in [0.15, 0.2) is 0 Å². The molecule has 2 rings (SSSR count). The number of nitrogens with zero attached hydrogens (tertiary/aromatic N) is 3. The predicted molar refractivity (Wildman–Crippen MR) is 71.6 cm³/mol. The van der Waals surface area contributed by atoms with E-state index in [1.807, 2.05) is 0 Å². The van der Waals surface area contributed by atoms with Gasteiger partial charge >= 0.3 is 0 Å². The molecule has 19 heavy (non-hydrogen) atoms. The Bertz CT molecular complexity index is 489. The molecule has 2 heterocycles. The Morgan fingerprint density at radius 1 is 1.47 bits per heavy atom.